The molecule has 1 N–H and O–H groups in total. The normalized spacial score (nSPS) is 14.5. The topological polar surface area (TPSA) is 105 Å². The molecule has 4 rings (SSSR count). The van der Waals surface area contributed by atoms with E-state index in [0.29, 0.717) is 45.0 Å². The van der Waals surface area contributed by atoms with Gasteiger partial charge in [0, 0.05) is 32.6 Å². The fourth-order valence-corrected chi connectivity index (χ4v) is 6.32. The van der Waals surface area contributed by atoms with Gasteiger partial charge in [-0.25, -0.2) is 8.42 Å². The van der Waals surface area contributed by atoms with Crippen molar-refractivity contribution < 1.29 is 27.5 Å². The molecule has 10 heteroatoms. The average Bonchev–Trinajstić information content (AvgIpc) is 3.05. The molecule has 0 spiro atoms. The molecule has 1 heterocycles. The maximum Gasteiger partial charge on any atom is 0.261 e. The Kier molecular flexibility index (Phi) is 12.1. The lowest BCUT2D eigenvalue weighted by Gasteiger charge is -2.31. The number of hydrogen-bond donors (Lipinski definition) is 1. The number of morpholine rings is 1. The molecule has 230 valence electrons. The third kappa shape index (κ3) is 9.38. The summed E-state index contributed by atoms with van der Waals surface area (Å²) < 4.78 is 38.4. The van der Waals surface area contributed by atoms with E-state index in [0.717, 1.165) is 30.4 Å². The quantitative estimate of drug-likeness (QED) is 0.262. The molecule has 0 aromatic heterocycles. The third-order valence-electron chi connectivity index (χ3n) is 7.34. The van der Waals surface area contributed by atoms with Crippen LogP contribution in [0.3, 0.4) is 0 Å². The first-order valence-electron chi connectivity index (χ1n) is 14.8. The van der Waals surface area contributed by atoms with Gasteiger partial charge in [0.1, 0.15) is 11.8 Å². The van der Waals surface area contributed by atoms with Gasteiger partial charge in [0.2, 0.25) is 15.9 Å². The Balaban J connectivity index is 1.51. The van der Waals surface area contributed by atoms with E-state index in [1.807, 2.05) is 60.7 Å². The number of benzene rings is 3. The standard InChI is InChI=1S/C33H41N3O6S/c1-2-3-10-19-34-33(38)31(24-27-11-6-4-7-12-27)36(25-28-13-8-5-9-14-28)32(37)26-42-29-15-17-30(18-16-29)43(39,40)35-20-22-41-23-21-35/h4-9,11-18,31H,2-3,10,19-26H2,1H3,(H,34,38). The summed E-state index contributed by atoms with van der Waals surface area (Å²) in [5.41, 5.74) is 1.84. The van der Waals surface area contributed by atoms with Crippen molar-refractivity contribution in [3.63, 3.8) is 0 Å². The van der Waals surface area contributed by atoms with Crippen LogP contribution in [0, 0.1) is 0 Å². The summed E-state index contributed by atoms with van der Waals surface area (Å²) >= 11 is 0. The minimum Gasteiger partial charge on any atom is -0.484 e. The number of hydrogen-bond acceptors (Lipinski definition) is 6. The minimum absolute atomic E-state index is 0.154. The number of amides is 2. The van der Waals surface area contributed by atoms with Gasteiger partial charge in [-0.3, -0.25) is 9.59 Å². The first-order chi connectivity index (χ1) is 20.9. The van der Waals surface area contributed by atoms with Crippen molar-refractivity contribution in [2.45, 2.75) is 50.1 Å². The van der Waals surface area contributed by atoms with Gasteiger partial charge in [-0.05, 0) is 41.8 Å². The van der Waals surface area contributed by atoms with Gasteiger partial charge < -0.3 is 19.7 Å². The highest BCUT2D eigenvalue weighted by molar-refractivity contribution is 7.89. The van der Waals surface area contributed by atoms with Crippen LogP contribution in [0.2, 0.25) is 0 Å². The molecule has 0 saturated carbocycles. The van der Waals surface area contributed by atoms with E-state index < -0.39 is 16.1 Å². The zero-order valence-electron chi connectivity index (χ0n) is 24.7. The van der Waals surface area contributed by atoms with Gasteiger partial charge in [-0.1, -0.05) is 80.4 Å². The van der Waals surface area contributed by atoms with E-state index in [-0.39, 0.29) is 29.9 Å². The highest BCUT2D eigenvalue weighted by Gasteiger charge is 2.31. The van der Waals surface area contributed by atoms with Crippen LogP contribution >= 0.6 is 0 Å². The first-order valence-corrected chi connectivity index (χ1v) is 16.3. The lowest BCUT2D eigenvalue weighted by atomic mass is 10.0. The molecule has 0 bridgehead atoms. The summed E-state index contributed by atoms with van der Waals surface area (Å²) in [6.07, 6.45) is 3.27. The number of carbonyl (C=O) groups is 2. The van der Waals surface area contributed by atoms with Crippen molar-refractivity contribution in [1.82, 2.24) is 14.5 Å². The van der Waals surface area contributed by atoms with Crippen molar-refractivity contribution in [2.24, 2.45) is 0 Å². The fourth-order valence-electron chi connectivity index (χ4n) is 4.91. The van der Waals surface area contributed by atoms with Gasteiger partial charge in [-0.15, -0.1) is 0 Å². The number of rotatable bonds is 15. The molecular formula is C33H41N3O6S. The molecular weight excluding hydrogens is 566 g/mol. The molecule has 0 radical (unpaired) electrons. The minimum atomic E-state index is -3.64. The van der Waals surface area contributed by atoms with Crippen molar-refractivity contribution in [1.29, 1.82) is 0 Å². The van der Waals surface area contributed by atoms with Crippen molar-refractivity contribution in [2.75, 3.05) is 39.5 Å². The highest BCUT2D eigenvalue weighted by atomic mass is 32.2. The van der Waals surface area contributed by atoms with Crippen LogP contribution in [0.1, 0.15) is 37.3 Å². The highest BCUT2D eigenvalue weighted by Crippen LogP contribution is 2.21. The molecule has 1 fully saturated rings. The zero-order valence-corrected chi connectivity index (χ0v) is 25.5. The molecule has 0 aliphatic carbocycles. The molecule has 1 saturated heterocycles. The summed E-state index contributed by atoms with van der Waals surface area (Å²) in [7, 11) is -3.64. The molecule has 1 aliphatic heterocycles. The van der Waals surface area contributed by atoms with Crippen LogP contribution < -0.4 is 10.1 Å². The van der Waals surface area contributed by atoms with E-state index in [1.165, 1.54) is 16.4 Å². The van der Waals surface area contributed by atoms with Crippen LogP contribution in [0.5, 0.6) is 5.75 Å². The number of ether oxygens (including phenoxy) is 2. The van der Waals surface area contributed by atoms with Crippen LogP contribution in [-0.2, 0) is 37.3 Å². The Labute approximate surface area is 254 Å². The number of sulfonamides is 1. The Morgan fingerprint density at radius 3 is 2.16 bits per heavy atom. The fraction of sp³-hybridized carbons (Fsp3) is 0.394. The zero-order chi connectivity index (χ0) is 30.5. The summed E-state index contributed by atoms with van der Waals surface area (Å²) in [5, 5.41) is 3.04. The second-order valence-corrected chi connectivity index (χ2v) is 12.4. The van der Waals surface area contributed by atoms with Gasteiger partial charge in [0.15, 0.2) is 6.61 Å². The van der Waals surface area contributed by atoms with E-state index >= 15 is 0 Å². The smallest absolute Gasteiger partial charge is 0.261 e. The largest absolute Gasteiger partial charge is 0.484 e. The second-order valence-electron chi connectivity index (χ2n) is 10.5. The van der Waals surface area contributed by atoms with E-state index in [4.69, 9.17) is 9.47 Å². The molecule has 3 aromatic rings. The van der Waals surface area contributed by atoms with Gasteiger partial charge >= 0.3 is 0 Å². The van der Waals surface area contributed by atoms with E-state index in [1.54, 1.807) is 17.0 Å². The molecule has 9 nitrogen and oxygen atoms in total. The Morgan fingerprint density at radius 2 is 1.53 bits per heavy atom. The predicted octanol–water partition coefficient (Wildman–Crippen LogP) is 4.03. The summed E-state index contributed by atoms with van der Waals surface area (Å²) in [6, 6.07) is 24.5. The molecule has 1 aliphatic rings. The van der Waals surface area contributed by atoms with Gasteiger partial charge in [0.05, 0.1) is 18.1 Å². The number of carbonyl (C=O) groups excluding carboxylic acids is 2. The SMILES string of the molecule is CCCCCNC(=O)C(Cc1ccccc1)N(Cc1ccccc1)C(=O)COc1ccc(S(=O)(=O)N2CCOCC2)cc1. The van der Waals surface area contributed by atoms with Crippen LogP contribution in [-0.4, -0.2) is 74.9 Å². The van der Waals surface area contributed by atoms with Crippen molar-refractivity contribution in [3.8, 4) is 5.75 Å². The van der Waals surface area contributed by atoms with Gasteiger partial charge in [0.25, 0.3) is 5.91 Å². The van der Waals surface area contributed by atoms with E-state index in [9.17, 15) is 18.0 Å². The van der Waals surface area contributed by atoms with Crippen LogP contribution in [0.4, 0.5) is 0 Å². The summed E-state index contributed by atoms with van der Waals surface area (Å²) in [6.45, 7) is 3.92. The maximum atomic E-state index is 13.8. The second kappa shape index (κ2) is 16.2. The summed E-state index contributed by atoms with van der Waals surface area (Å²) in [5.74, 6) is -0.196. The van der Waals surface area contributed by atoms with E-state index in [2.05, 4.69) is 12.2 Å². The number of nitrogens with one attached hydrogen (secondary N) is 1. The molecule has 1 unspecified atom stereocenters. The molecule has 2 amide bonds. The summed E-state index contributed by atoms with van der Waals surface area (Å²) in [4.78, 5) is 29.1. The Morgan fingerprint density at radius 1 is 0.907 bits per heavy atom. The van der Waals surface area contributed by atoms with Crippen molar-refractivity contribution in [3.05, 3.63) is 96.1 Å². The van der Waals surface area contributed by atoms with Gasteiger partial charge in [-0.2, -0.15) is 4.31 Å². The molecule has 43 heavy (non-hydrogen) atoms. The predicted molar refractivity (Wildman–Crippen MR) is 165 cm³/mol. The lowest BCUT2D eigenvalue weighted by Crippen LogP contribution is -2.51. The Hall–Kier alpha value is -3.73. The van der Waals surface area contributed by atoms with Crippen LogP contribution in [0.15, 0.2) is 89.8 Å². The monoisotopic (exact) mass is 607 g/mol. The molecule has 1 atom stereocenters. The molecule has 3 aromatic carbocycles. The van der Waals surface area contributed by atoms with Crippen LogP contribution in [0.25, 0.3) is 0 Å². The first kappa shape index (κ1) is 32.2. The number of nitrogens with zero attached hydrogens (tertiary/aromatic N) is 2. The maximum absolute atomic E-state index is 13.8. The lowest BCUT2D eigenvalue weighted by molar-refractivity contribution is -0.142. The number of unbranched alkanes of at least 4 members (excludes halogenated alkanes) is 2. The Bertz CT molecular complexity index is 1400. The third-order valence-corrected chi connectivity index (χ3v) is 9.25. The van der Waals surface area contributed by atoms with Crippen molar-refractivity contribution >= 4 is 21.8 Å². The average molecular weight is 608 g/mol.